The lowest BCUT2D eigenvalue weighted by molar-refractivity contribution is 0.0984. The van der Waals surface area contributed by atoms with E-state index in [1.165, 1.54) is 23.5 Å². The van der Waals surface area contributed by atoms with E-state index in [1.54, 1.807) is 23.1 Å². The maximum atomic E-state index is 13.7. The van der Waals surface area contributed by atoms with Gasteiger partial charge in [-0.05, 0) is 48.4 Å². The predicted molar refractivity (Wildman–Crippen MR) is 128 cm³/mol. The second-order valence-corrected chi connectivity index (χ2v) is 8.58. The van der Waals surface area contributed by atoms with Crippen LogP contribution in [-0.2, 0) is 6.54 Å². The Morgan fingerprint density at radius 3 is 2.69 bits per heavy atom. The molecule has 0 atom stereocenters. The fourth-order valence-corrected chi connectivity index (χ4v) is 4.40. The molecule has 1 heterocycles. The van der Waals surface area contributed by atoms with Crippen molar-refractivity contribution in [3.63, 3.8) is 0 Å². The van der Waals surface area contributed by atoms with E-state index in [-0.39, 0.29) is 11.7 Å². The maximum Gasteiger partial charge on any atom is 0.260 e. The lowest BCUT2D eigenvalue weighted by atomic mass is 10.1. The quantitative estimate of drug-likeness (QED) is 0.263. The zero-order chi connectivity index (χ0) is 22.3. The first kappa shape index (κ1) is 22.0. The molecule has 0 bridgehead atoms. The monoisotopic (exact) mass is 448 g/mol. The van der Waals surface area contributed by atoms with E-state index in [0.717, 1.165) is 24.8 Å². The molecule has 0 fully saturated rings. The number of carbonyl (C=O) groups is 1. The van der Waals surface area contributed by atoms with Crippen molar-refractivity contribution in [1.29, 1.82) is 0 Å². The van der Waals surface area contributed by atoms with E-state index in [2.05, 4.69) is 11.9 Å². The second kappa shape index (κ2) is 10.4. The number of halogens is 1. The lowest BCUT2D eigenvalue weighted by Crippen LogP contribution is -2.30. The molecule has 3 aromatic carbocycles. The first-order chi connectivity index (χ1) is 15.6. The van der Waals surface area contributed by atoms with Crippen molar-refractivity contribution in [3.05, 3.63) is 89.7 Å². The first-order valence-electron chi connectivity index (χ1n) is 10.8. The van der Waals surface area contributed by atoms with Gasteiger partial charge in [-0.2, -0.15) is 0 Å². The number of hydrogen-bond donors (Lipinski definition) is 0. The highest BCUT2D eigenvalue weighted by atomic mass is 32.1. The van der Waals surface area contributed by atoms with E-state index in [9.17, 15) is 9.18 Å². The summed E-state index contributed by atoms with van der Waals surface area (Å²) >= 11 is 1.31. The number of aromatic nitrogens is 1. The van der Waals surface area contributed by atoms with Crippen LogP contribution in [0, 0.1) is 5.82 Å². The van der Waals surface area contributed by atoms with Gasteiger partial charge in [0.25, 0.3) is 5.91 Å². The van der Waals surface area contributed by atoms with Crippen molar-refractivity contribution in [2.24, 2.45) is 0 Å². The molecule has 4 nitrogen and oxygen atoms in total. The average Bonchev–Trinajstić information content (AvgIpc) is 3.23. The summed E-state index contributed by atoms with van der Waals surface area (Å²) in [5, 5.41) is 0.536. The van der Waals surface area contributed by atoms with Gasteiger partial charge >= 0.3 is 0 Å². The average molecular weight is 449 g/mol. The predicted octanol–water partition coefficient (Wildman–Crippen LogP) is 6.85. The normalized spacial score (nSPS) is 10.9. The second-order valence-electron chi connectivity index (χ2n) is 7.57. The molecule has 1 amide bonds. The van der Waals surface area contributed by atoms with Crippen LogP contribution in [0.4, 0.5) is 9.52 Å². The molecule has 0 aliphatic rings. The molecule has 0 N–H and O–H groups in total. The van der Waals surface area contributed by atoms with Gasteiger partial charge in [-0.3, -0.25) is 9.69 Å². The summed E-state index contributed by atoms with van der Waals surface area (Å²) in [4.78, 5) is 19.8. The molecule has 0 unspecified atom stereocenters. The number of amides is 1. The number of rotatable bonds is 9. The zero-order valence-corrected chi connectivity index (χ0v) is 18.8. The number of anilines is 1. The van der Waals surface area contributed by atoms with Crippen LogP contribution in [0.3, 0.4) is 0 Å². The van der Waals surface area contributed by atoms with Gasteiger partial charge in [-0.15, -0.1) is 0 Å². The Balaban J connectivity index is 1.64. The molecule has 4 rings (SSSR count). The van der Waals surface area contributed by atoms with Crippen molar-refractivity contribution < 1.29 is 13.9 Å². The van der Waals surface area contributed by atoms with Crippen LogP contribution in [-0.4, -0.2) is 17.5 Å². The summed E-state index contributed by atoms with van der Waals surface area (Å²) in [6.45, 7) is 3.14. The Labute approximate surface area is 191 Å². The van der Waals surface area contributed by atoms with Gasteiger partial charge in [0, 0.05) is 5.56 Å². The fraction of sp³-hybridized carbons (Fsp3) is 0.231. The van der Waals surface area contributed by atoms with Crippen LogP contribution in [0.5, 0.6) is 5.75 Å². The van der Waals surface area contributed by atoms with Crippen molar-refractivity contribution >= 4 is 32.6 Å². The minimum absolute atomic E-state index is 0.174. The molecule has 6 heteroatoms. The SMILES string of the molecule is CCCCCOc1cccc(C(=O)N(Cc2ccccc2)c2nc3ccc(F)cc3s2)c1. The Kier molecular flexibility index (Phi) is 7.12. The number of ether oxygens (including phenoxy) is 1. The van der Waals surface area contributed by atoms with Crippen molar-refractivity contribution in [3.8, 4) is 5.75 Å². The van der Waals surface area contributed by atoms with E-state index >= 15 is 0 Å². The van der Waals surface area contributed by atoms with Gasteiger partial charge in [-0.25, -0.2) is 9.37 Å². The summed E-state index contributed by atoms with van der Waals surface area (Å²) in [6, 6.07) is 21.5. The van der Waals surface area contributed by atoms with E-state index in [0.29, 0.717) is 39.8 Å². The minimum Gasteiger partial charge on any atom is -0.494 e. The van der Waals surface area contributed by atoms with Gasteiger partial charge in [0.1, 0.15) is 11.6 Å². The number of unbranched alkanes of at least 4 members (excludes halogenated alkanes) is 2. The highest BCUT2D eigenvalue weighted by molar-refractivity contribution is 7.22. The van der Waals surface area contributed by atoms with Gasteiger partial charge in [0.15, 0.2) is 5.13 Å². The van der Waals surface area contributed by atoms with Gasteiger partial charge in [-0.1, -0.05) is 67.5 Å². The van der Waals surface area contributed by atoms with Gasteiger partial charge in [0.05, 0.1) is 23.4 Å². The highest BCUT2D eigenvalue weighted by Gasteiger charge is 2.22. The molecule has 0 saturated carbocycles. The molecule has 0 aliphatic heterocycles. The summed E-state index contributed by atoms with van der Waals surface area (Å²) < 4.78 is 20.2. The topological polar surface area (TPSA) is 42.4 Å². The molecular formula is C26H25FN2O2S. The molecule has 32 heavy (non-hydrogen) atoms. The van der Waals surface area contributed by atoms with Crippen LogP contribution >= 0.6 is 11.3 Å². The van der Waals surface area contributed by atoms with E-state index < -0.39 is 0 Å². The van der Waals surface area contributed by atoms with Gasteiger partial charge in [0.2, 0.25) is 0 Å². The molecule has 4 aromatic rings. The summed E-state index contributed by atoms with van der Waals surface area (Å²) in [5.74, 6) is 0.187. The number of fused-ring (bicyclic) bond motifs is 1. The first-order valence-corrected chi connectivity index (χ1v) is 11.6. The standard InChI is InChI=1S/C26H25FN2O2S/c1-2-3-7-15-31-22-12-8-11-20(16-22)25(30)29(18-19-9-5-4-6-10-19)26-28-23-14-13-21(27)17-24(23)32-26/h4-6,8-14,16-17H,2-3,7,15,18H2,1H3. The number of benzene rings is 3. The van der Waals surface area contributed by atoms with E-state index in [4.69, 9.17) is 4.74 Å². The number of nitrogens with zero attached hydrogens (tertiary/aromatic N) is 2. The molecule has 1 aromatic heterocycles. The number of hydrogen-bond acceptors (Lipinski definition) is 4. The molecule has 0 radical (unpaired) electrons. The van der Waals surface area contributed by atoms with Crippen molar-refractivity contribution in [2.45, 2.75) is 32.7 Å². The molecule has 0 aliphatic carbocycles. The third-order valence-electron chi connectivity index (χ3n) is 5.10. The Bertz CT molecular complexity index is 1190. The Morgan fingerprint density at radius 1 is 1.03 bits per heavy atom. The van der Waals surface area contributed by atoms with Gasteiger partial charge < -0.3 is 4.74 Å². The maximum absolute atomic E-state index is 13.7. The number of thiazole rings is 1. The van der Waals surface area contributed by atoms with Crippen LogP contribution < -0.4 is 9.64 Å². The molecule has 0 spiro atoms. The van der Waals surface area contributed by atoms with Crippen LogP contribution in [0.2, 0.25) is 0 Å². The largest absolute Gasteiger partial charge is 0.494 e. The smallest absolute Gasteiger partial charge is 0.260 e. The molecule has 164 valence electrons. The van der Waals surface area contributed by atoms with Crippen LogP contribution in [0.1, 0.15) is 42.1 Å². The van der Waals surface area contributed by atoms with Crippen LogP contribution in [0.15, 0.2) is 72.8 Å². The van der Waals surface area contributed by atoms with E-state index in [1.807, 2.05) is 42.5 Å². The Hall–Kier alpha value is -3.25. The third-order valence-corrected chi connectivity index (χ3v) is 6.14. The van der Waals surface area contributed by atoms with Crippen LogP contribution in [0.25, 0.3) is 10.2 Å². The molecular weight excluding hydrogens is 423 g/mol. The summed E-state index contributed by atoms with van der Waals surface area (Å²) in [6.07, 6.45) is 3.22. The Morgan fingerprint density at radius 2 is 1.88 bits per heavy atom. The highest BCUT2D eigenvalue weighted by Crippen LogP contribution is 2.31. The fourth-order valence-electron chi connectivity index (χ4n) is 3.41. The zero-order valence-electron chi connectivity index (χ0n) is 18.0. The summed E-state index contributed by atoms with van der Waals surface area (Å²) in [7, 11) is 0. The van der Waals surface area contributed by atoms with Crippen molar-refractivity contribution in [2.75, 3.05) is 11.5 Å². The number of carbonyl (C=O) groups excluding carboxylic acids is 1. The third kappa shape index (κ3) is 5.32. The molecule has 0 saturated heterocycles. The minimum atomic E-state index is -0.318. The summed E-state index contributed by atoms with van der Waals surface area (Å²) in [5.41, 5.74) is 2.18. The lowest BCUT2D eigenvalue weighted by Gasteiger charge is -2.20. The van der Waals surface area contributed by atoms with Crippen molar-refractivity contribution in [1.82, 2.24) is 4.98 Å².